The van der Waals surface area contributed by atoms with E-state index in [0.717, 1.165) is 24.2 Å². The number of carbonyl (C=O) groups is 1. The monoisotopic (exact) mass is 318 g/mol. The number of hydrogen-bond donors (Lipinski definition) is 1. The van der Waals surface area contributed by atoms with Crippen LogP contribution in [0.25, 0.3) is 0 Å². The molecule has 1 fully saturated rings. The fourth-order valence-electron chi connectivity index (χ4n) is 2.92. The molecule has 1 saturated carbocycles. The van der Waals surface area contributed by atoms with Crippen LogP contribution in [0.1, 0.15) is 43.4 Å². The number of ether oxygens (including phenoxy) is 1. The zero-order chi connectivity index (χ0) is 15.9. The smallest absolute Gasteiger partial charge is 0.327 e. The number of thioether (sulfide) groups is 1. The highest BCUT2D eigenvalue weighted by Gasteiger charge is 2.30. The number of nitrogens with zero attached hydrogens (tertiary/aromatic N) is 1. The maximum absolute atomic E-state index is 12.1. The van der Waals surface area contributed by atoms with Crippen LogP contribution in [0.15, 0.2) is 24.3 Å². The lowest BCUT2D eigenvalue weighted by molar-refractivity contribution is -0.143. The van der Waals surface area contributed by atoms with Gasteiger partial charge >= 0.3 is 5.97 Å². The van der Waals surface area contributed by atoms with Gasteiger partial charge in [-0.25, -0.2) is 4.79 Å². The topological polar surface area (TPSA) is 62.1 Å². The van der Waals surface area contributed by atoms with Crippen molar-refractivity contribution in [2.24, 2.45) is 0 Å². The molecule has 2 rings (SSSR count). The Kier molecular flexibility index (Phi) is 6.29. The van der Waals surface area contributed by atoms with E-state index in [1.54, 1.807) is 18.2 Å². The average Bonchev–Trinajstić information content (AvgIpc) is 2.99. The van der Waals surface area contributed by atoms with Gasteiger partial charge in [0.2, 0.25) is 0 Å². The Morgan fingerprint density at radius 1 is 1.55 bits per heavy atom. The first-order chi connectivity index (χ1) is 10.7. The number of hydrogen-bond acceptors (Lipinski definition) is 5. The number of esters is 1. The van der Waals surface area contributed by atoms with Crippen molar-refractivity contribution >= 4 is 17.7 Å². The van der Waals surface area contributed by atoms with Crippen LogP contribution in [-0.2, 0) is 9.53 Å². The van der Waals surface area contributed by atoms with E-state index in [9.17, 15) is 4.79 Å². The van der Waals surface area contributed by atoms with E-state index in [4.69, 9.17) is 10.00 Å². The molecule has 1 aromatic rings. The molecule has 1 aliphatic rings. The van der Waals surface area contributed by atoms with Crippen LogP contribution in [0.5, 0.6) is 0 Å². The molecule has 0 amide bonds. The number of benzene rings is 1. The summed E-state index contributed by atoms with van der Waals surface area (Å²) in [6.45, 7) is 2.18. The number of methoxy groups -OCH3 is 1. The van der Waals surface area contributed by atoms with E-state index >= 15 is 0 Å². The predicted molar refractivity (Wildman–Crippen MR) is 88.6 cm³/mol. The summed E-state index contributed by atoms with van der Waals surface area (Å²) in [5.41, 5.74) is 1.34. The number of rotatable bonds is 6. The van der Waals surface area contributed by atoms with Gasteiger partial charge in [-0.1, -0.05) is 19.1 Å². The van der Waals surface area contributed by atoms with E-state index < -0.39 is 6.04 Å². The highest BCUT2D eigenvalue weighted by molar-refractivity contribution is 7.99. The van der Waals surface area contributed by atoms with Gasteiger partial charge in [0, 0.05) is 11.3 Å². The summed E-state index contributed by atoms with van der Waals surface area (Å²) in [4.78, 5) is 12.1. The van der Waals surface area contributed by atoms with Gasteiger partial charge in [-0.2, -0.15) is 17.0 Å². The van der Waals surface area contributed by atoms with E-state index in [0.29, 0.717) is 16.9 Å². The van der Waals surface area contributed by atoms with E-state index in [1.165, 1.54) is 13.5 Å². The van der Waals surface area contributed by atoms with Crippen LogP contribution in [-0.4, -0.2) is 30.1 Å². The Morgan fingerprint density at radius 3 is 3.05 bits per heavy atom. The molecule has 0 unspecified atom stereocenters. The van der Waals surface area contributed by atoms with Crippen LogP contribution < -0.4 is 5.32 Å². The lowest BCUT2D eigenvalue weighted by Crippen LogP contribution is -2.36. The van der Waals surface area contributed by atoms with Gasteiger partial charge < -0.3 is 4.74 Å². The third-order valence-electron chi connectivity index (χ3n) is 3.98. The Bertz CT molecular complexity index is 556. The molecular weight excluding hydrogens is 296 g/mol. The van der Waals surface area contributed by atoms with Gasteiger partial charge in [0.25, 0.3) is 0 Å². The third kappa shape index (κ3) is 4.25. The van der Waals surface area contributed by atoms with E-state index in [1.807, 2.05) is 17.8 Å². The van der Waals surface area contributed by atoms with Crippen LogP contribution in [0.2, 0.25) is 0 Å². The summed E-state index contributed by atoms with van der Waals surface area (Å²) in [6, 6.07) is 9.08. The van der Waals surface area contributed by atoms with Crippen molar-refractivity contribution in [3.63, 3.8) is 0 Å². The van der Waals surface area contributed by atoms with Gasteiger partial charge in [-0.05, 0) is 42.7 Å². The molecular formula is C17H22N2O2S. The van der Waals surface area contributed by atoms with Crippen molar-refractivity contribution in [3.05, 3.63) is 35.4 Å². The summed E-state index contributed by atoms with van der Waals surface area (Å²) in [6.07, 6.45) is 3.33. The first-order valence-corrected chi connectivity index (χ1v) is 8.68. The van der Waals surface area contributed by atoms with Crippen LogP contribution >= 0.6 is 11.8 Å². The highest BCUT2D eigenvalue weighted by Crippen LogP contribution is 2.31. The fourth-order valence-corrected chi connectivity index (χ4v) is 4.06. The molecule has 1 aromatic carbocycles. The maximum Gasteiger partial charge on any atom is 0.327 e. The number of carbonyl (C=O) groups excluding carboxylic acids is 1. The predicted octanol–water partition coefficient (Wildman–Crippen LogP) is 3.04. The molecule has 1 N–H and O–H groups in total. The van der Waals surface area contributed by atoms with Crippen LogP contribution in [0.3, 0.4) is 0 Å². The van der Waals surface area contributed by atoms with Crippen LogP contribution in [0, 0.1) is 11.3 Å². The van der Waals surface area contributed by atoms with Crippen molar-refractivity contribution < 1.29 is 9.53 Å². The Hall–Kier alpha value is -1.51. The molecule has 0 radical (unpaired) electrons. The summed E-state index contributed by atoms with van der Waals surface area (Å²) in [5, 5.41) is 13.1. The molecule has 0 saturated heterocycles. The molecule has 118 valence electrons. The standard InChI is InChI=1S/C17H22N2O2S/c1-3-22-15-8-7-14(10-15)19-16(17(20)21-2)13-6-4-5-12(9-13)11-18/h4-6,9,14-16,19H,3,7-8,10H2,1-2H3/t14-,15-,16-/m1/s1. The summed E-state index contributed by atoms with van der Waals surface area (Å²) in [7, 11) is 1.40. The van der Waals surface area contributed by atoms with E-state index in [-0.39, 0.29) is 5.97 Å². The zero-order valence-electron chi connectivity index (χ0n) is 13.0. The van der Waals surface area contributed by atoms with E-state index in [2.05, 4.69) is 18.3 Å². The van der Waals surface area contributed by atoms with Crippen molar-refractivity contribution in [1.29, 1.82) is 5.26 Å². The van der Waals surface area contributed by atoms with Gasteiger partial charge in [-0.15, -0.1) is 0 Å². The van der Waals surface area contributed by atoms with Gasteiger partial charge in [0.1, 0.15) is 6.04 Å². The summed E-state index contributed by atoms with van der Waals surface area (Å²) in [5.74, 6) is 0.823. The van der Waals surface area contributed by atoms with Gasteiger partial charge in [-0.3, -0.25) is 5.32 Å². The minimum absolute atomic E-state index is 0.304. The largest absolute Gasteiger partial charge is 0.468 e. The second-order valence-corrected chi connectivity index (χ2v) is 7.02. The molecule has 0 spiro atoms. The lowest BCUT2D eigenvalue weighted by atomic mass is 10.0. The first-order valence-electron chi connectivity index (χ1n) is 7.63. The SMILES string of the molecule is CCS[C@@H]1CC[C@@H](N[C@@H](C(=O)OC)c2cccc(C#N)c2)C1. The molecule has 0 heterocycles. The van der Waals surface area contributed by atoms with Crippen molar-refractivity contribution in [2.75, 3.05) is 12.9 Å². The summed E-state index contributed by atoms with van der Waals surface area (Å²) < 4.78 is 4.94. The molecule has 0 aromatic heterocycles. The highest BCUT2D eigenvalue weighted by atomic mass is 32.2. The molecule has 1 aliphatic carbocycles. The molecule has 22 heavy (non-hydrogen) atoms. The Balaban J connectivity index is 2.10. The normalized spacial score (nSPS) is 22.0. The maximum atomic E-state index is 12.1. The molecule has 0 aliphatic heterocycles. The second kappa shape index (κ2) is 8.21. The minimum Gasteiger partial charge on any atom is -0.468 e. The Morgan fingerprint density at radius 2 is 2.36 bits per heavy atom. The lowest BCUT2D eigenvalue weighted by Gasteiger charge is -2.21. The van der Waals surface area contributed by atoms with Crippen molar-refractivity contribution in [3.8, 4) is 6.07 Å². The molecule has 3 atom stereocenters. The van der Waals surface area contributed by atoms with Crippen molar-refractivity contribution in [1.82, 2.24) is 5.32 Å². The van der Waals surface area contributed by atoms with Crippen molar-refractivity contribution in [2.45, 2.75) is 43.5 Å². The number of nitriles is 1. The van der Waals surface area contributed by atoms with Gasteiger partial charge in [0.15, 0.2) is 0 Å². The molecule has 0 bridgehead atoms. The van der Waals surface area contributed by atoms with Gasteiger partial charge in [0.05, 0.1) is 18.7 Å². The fraction of sp³-hybridized carbons (Fsp3) is 0.529. The third-order valence-corrected chi connectivity index (χ3v) is 5.21. The average molecular weight is 318 g/mol. The molecule has 4 nitrogen and oxygen atoms in total. The zero-order valence-corrected chi connectivity index (χ0v) is 13.9. The number of nitrogens with one attached hydrogen (secondary N) is 1. The first kappa shape index (κ1) is 16.9. The minimum atomic E-state index is -0.506. The quantitative estimate of drug-likeness (QED) is 0.817. The second-order valence-electron chi connectivity index (χ2n) is 5.45. The van der Waals surface area contributed by atoms with Crippen LogP contribution in [0.4, 0.5) is 0 Å². The Labute approximate surface area is 136 Å². The molecule has 5 heteroatoms. The summed E-state index contributed by atoms with van der Waals surface area (Å²) >= 11 is 1.99.